The van der Waals surface area contributed by atoms with Crippen molar-refractivity contribution < 1.29 is 14.7 Å². The zero-order valence-electron chi connectivity index (χ0n) is 13.8. The lowest BCUT2D eigenvalue weighted by atomic mass is 10.1. The van der Waals surface area contributed by atoms with Gasteiger partial charge in [-0.1, -0.05) is 13.8 Å². The van der Waals surface area contributed by atoms with Crippen molar-refractivity contribution in [2.45, 2.75) is 33.2 Å². The Morgan fingerprint density at radius 1 is 1.30 bits per heavy atom. The second kappa shape index (κ2) is 5.51. The van der Waals surface area contributed by atoms with Gasteiger partial charge in [0.25, 0.3) is 0 Å². The molecule has 6 heteroatoms. The molecule has 1 amide bonds. The predicted molar refractivity (Wildman–Crippen MR) is 86.5 cm³/mol. The van der Waals surface area contributed by atoms with Crippen LogP contribution in [0.4, 0.5) is 5.82 Å². The second-order valence-corrected chi connectivity index (χ2v) is 7.28. The highest BCUT2D eigenvalue weighted by molar-refractivity contribution is 5.87. The number of amides is 1. The Bertz CT molecular complexity index is 626. The van der Waals surface area contributed by atoms with Crippen LogP contribution in [-0.4, -0.2) is 52.5 Å². The zero-order valence-corrected chi connectivity index (χ0v) is 13.8. The van der Waals surface area contributed by atoms with Crippen molar-refractivity contribution in [2.24, 2.45) is 11.3 Å². The fourth-order valence-electron chi connectivity index (χ4n) is 3.29. The molecule has 1 aliphatic heterocycles. The highest BCUT2D eigenvalue weighted by Crippen LogP contribution is 2.52. The number of carboxylic acids is 1. The summed E-state index contributed by atoms with van der Waals surface area (Å²) in [5.74, 6) is 0.242. The molecule has 1 aliphatic carbocycles. The van der Waals surface area contributed by atoms with Gasteiger partial charge in [0.2, 0.25) is 5.91 Å². The average Bonchev–Trinajstić information content (AvgIpc) is 3.15. The van der Waals surface area contributed by atoms with Crippen LogP contribution in [-0.2, 0) is 4.79 Å². The summed E-state index contributed by atoms with van der Waals surface area (Å²) < 4.78 is 0. The Kier molecular flexibility index (Phi) is 3.78. The molecule has 2 unspecified atom stereocenters. The maximum atomic E-state index is 12.5. The topological polar surface area (TPSA) is 73.7 Å². The SMILES string of the molecule is CC1CN(C(=O)C2CC2(C)C)CCN1c1ccc(C(=O)O)cn1. The van der Waals surface area contributed by atoms with Crippen molar-refractivity contribution in [2.75, 3.05) is 24.5 Å². The molecule has 3 rings (SSSR count). The molecule has 0 radical (unpaired) electrons. The fourth-order valence-corrected chi connectivity index (χ4v) is 3.29. The molecule has 2 aliphatic rings. The smallest absolute Gasteiger partial charge is 0.337 e. The van der Waals surface area contributed by atoms with Gasteiger partial charge < -0.3 is 14.9 Å². The molecule has 1 saturated heterocycles. The first-order valence-electron chi connectivity index (χ1n) is 8.04. The molecule has 1 saturated carbocycles. The Morgan fingerprint density at radius 2 is 2.00 bits per heavy atom. The maximum Gasteiger partial charge on any atom is 0.337 e. The summed E-state index contributed by atoms with van der Waals surface area (Å²) in [7, 11) is 0. The summed E-state index contributed by atoms with van der Waals surface area (Å²) in [6, 6.07) is 3.47. The lowest BCUT2D eigenvalue weighted by molar-refractivity contribution is -0.134. The predicted octanol–water partition coefficient (Wildman–Crippen LogP) is 1.86. The first-order valence-corrected chi connectivity index (χ1v) is 8.04. The Hall–Kier alpha value is -2.11. The highest BCUT2D eigenvalue weighted by atomic mass is 16.4. The molecule has 0 aromatic carbocycles. The van der Waals surface area contributed by atoms with Gasteiger partial charge in [-0.25, -0.2) is 9.78 Å². The number of pyridine rings is 1. The van der Waals surface area contributed by atoms with Crippen LogP contribution in [0.2, 0.25) is 0 Å². The standard InChI is InChI=1S/C17H23N3O3/c1-11-10-19(15(21)13-8-17(13,2)3)6-7-20(11)14-5-4-12(9-18-14)16(22)23/h4-5,9,11,13H,6-8,10H2,1-3H3,(H,22,23). The second-order valence-electron chi connectivity index (χ2n) is 7.28. The van der Waals surface area contributed by atoms with Crippen LogP contribution < -0.4 is 4.90 Å². The zero-order chi connectivity index (χ0) is 16.8. The number of anilines is 1. The Balaban J connectivity index is 1.64. The van der Waals surface area contributed by atoms with Gasteiger partial charge in [-0.15, -0.1) is 0 Å². The molecule has 2 heterocycles. The van der Waals surface area contributed by atoms with Crippen molar-refractivity contribution in [3.8, 4) is 0 Å². The van der Waals surface area contributed by atoms with E-state index in [4.69, 9.17) is 5.11 Å². The summed E-state index contributed by atoms with van der Waals surface area (Å²) in [6.07, 6.45) is 2.37. The molecule has 0 bridgehead atoms. The highest BCUT2D eigenvalue weighted by Gasteiger charge is 2.52. The molecule has 1 aromatic heterocycles. The van der Waals surface area contributed by atoms with Crippen LogP contribution in [0.25, 0.3) is 0 Å². The van der Waals surface area contributed by atoms with Crippen molar-refractivity contribution in [1.29, 1.82) is 0 Å². The van der Waals surface area contributed by atoms with Gasteiger partial charge in [-0.3, -0.25) is 4.79 Å². The number of aromatic carboxylic acids is 1. The van der Waals surface area contributed by atoms with Crippen molar-refractivity contribution in [3.63, 3.8) is 0 Å². The van der Waals surface area contributed by atoms with Gasteiger partial charge in [0.1, 0.15) is 5.82 Å². The van der Waals surface area contributed by atoms with E-state index in [9.17, 15) is 9.59 Å². The molecule has 1 N–H and O–H groups in total. The normalized spacial score (nSPS) is 26.0. The van der Waals surface area contributed by atoms with Crippen molar-refractivity contribution in [3.05, 3.63) is 23.9 Å². The number of hydrogen-bond acceptors (Lipinski definition) is 4. The summed E-state index contributed by atoms with van der Waals surface area (Å²) >= 11 is 0. The number of rotatable bonds is 3. The van der Waals surface area contributed by atoms with Crippen LogP contribution >= 0.6 is 0 Å². The minimum Gasteiger partial charge on any atom is -0.478 e. The van der Waals surface area contributed by atoms with E-state index in [1.807, 2.05) is 4.90 Å². The van der Waals surface area contributed by atoms with Crippen molar-refractivity contribution in [1.82, 2.24) is 9.88 Å². The molecule has 2 atom stereocenters. The van der Waals surface area contributed by atoms with Crippen LogP contribution in [0.5, 0.6) is 0 Å². The Labute approximate surface area is 136 Å². The monoisotopic (exact) mass is 317 g/mol. The maximum absolute atomic E-state index is 12.5. The lowest BCUT2D eigenvalue weighted by Gasteiger charge is -2.40. The minimum absolute atomic E-state index is 0.158. The summed E-state index contributed by atoms with van der Waals surface area (Å²) in [6.45, 7) is 8.46. The summed E-state index contributed by atoms with van der Waals surface area (Å²) in [5.41, 5.74) is 0.345. The molecule has 6 nitrogen and oxygen atoms in total. The van der Waals surface area contributed by atoms with Crippen molar-refractivity contribution >= 4 is 17.7 Å². The number of piperazine rings is 1. The van der Waals surface area contributed by atoms with E-state index < -0.39 is 5.97 Å². The van der Waals surface area contributed by atoms with Crippen LogP contribution in [0, 0.1) is 11.3 Å². The van der Waals surface area contributed by atoms with E-state index in [0.29, 0.717) is 13.1 Å². The largest absolute Gasteiger partial charge is 0.478 e. The van der Waals surface area contributed by atoms with Gasteiger partial charge in [0.05, 0.1) is 5.56 Å². The Morgan fingerprint density at radius 3 is 2.48 bits per heavy atom. The van der Waals surface area contributed by atoms with E-state index in [-0.39, 0.29) is 28.8 Å². The number of aromatic nitrogens is 1. The van der Waals surface area contributed by atoms with E-state index in [0.717, 1.165) is 18.8 Å². The average molecular weight is 317 g/mol. The van der Waals surface area contributed by atoms with Gasteiger partial charge in [0, 0.05) is 37.8 Å². The third-order valence-corrected chi connectivity index (χ3v) is 5.04. The quantitative estimate of drug-likeness (QED) is 0.921. The van der Waals surface area contributed by atoms with E-state index in [1.165, 1.54) is 6.20 Å². The van der Waals surface area contributed by atoms with E-state index in [2.05, 4.69) is 30.7 Å². The molecule has 124 valence electrons. The molecule has 23 heavy (non-hydrogen) atoms. The molecular formula is C17H23N3O3. The molecule has 2 fully saturated rings. The third kappa shape index (κ3) is 3.02. The molecule has 1 aromatic rings. The van der Waals surface area contributed by atoms with Gasteiger partial charge >= 0.3 is 5.97 Å². The van der Waals surface area contributed by atoms with Crippen LogP contribution in [0.3, 0.4) is 0 Å². The van der Waals surface area contributed by atoms with Gasteiger partial charge in [0.15, 0.2) is 0 Å². The number of carbonyl (C=O) groups is 2. The molecular weight excluding hydrogens is 294 g/mol. The molecule has 0 spiro atoms. The minimum atomic E-state index is -0.973. The van der Waals surface area contributed by atoms with E-state index >= 15 is 0 Å². The lowest BCUT2D eigenvalue weighted by Crippen LogP contribution is -2.54. The number of carbonyl (C=O) groups excluding carboxylic acids is 1. The number of carboxylic acid groups (broad SMARTS) is 1. The number of nitrogens with zero attached hydrogens (tertiary/aromatic N) is 3. The van der Waals surface area contributed by atoms with Gasteiger partial charge in [-0.2, -0.15) is 0 Å². The third-order valence-electron chi connectivity index (χ3n) is 5.04. The summed E-state index contributed by atoms with van der Waals surface area (Å²) in [4.78, 5) is 31.8. The van der Waals surface area contributed by atoms with Gasteiger partial charge in [-0.05, 0) is 30.9 Å². The van der Waals surface area contributed by atoms with E-state index in [1.54, 1.807) is 12.1 Å². The number of hydrogen-bond donors (Lipinski definition) is 1. The fraction of sp³-hybridized carbons (Fsp3) is 0.588. The van der Waals surface area contributed by atoms with Crippen LogP contribution in [0.1, 0.15) is 37.6 Å². The first kappa shape index (κ1) is 15.8. The summed E-state index contributed by atoms with van der Waals surface area (Å²) in [5, 5.41) is 8.94. The van der Waals surface area contributed by atoms with Crippen LogP contribution in [0.15, 0.2) is 18.3 Å². The first-order chi connectivity index (χ1) is 10.8.